The van der Waals surface area contributed by atoms with E-state index < -0.39 is 9.84 Å². The van der Waals surface area contributed by atoms with E-state index in [1.54, 1.807) is 32.0 Å². The van der Waals surface area contributed by atoms with Crippen molar-refractivity contribution in [1.82, 2.24) is 4.98 Å². The fraction of sp³-hybridized carbons (Fsp3) is 0.125. The summed E-state index contributed by atoms with van der Waals surface area (Å²) >= 11 is 0. The molecule has 0 spiro atoms. The highest BCUT2D eigenvalue weighted by molar-refractivity contribution is 7.91. The quantitative estimate of drug-likeness (QED) is 0.714. The number of hydrogen-bond acceptors (Lipinski definition) is 3. The Balaban J connectivity index is 2.30. The lowest BCUT2D eigenvalue weighted by Gasteiger charge is -2.07. The van der Waals surface area contributed by atoms with Gasteiger partial charge in [0, 0.05) is 22.3 Å². The minimum absolute atomic E-state index is 0.266. The Labute approximate surface area is 123 Å². The fourth-order valence-corrected chi connectivity index (χ4v) is 4.27. The minimum Gasteiger partial charge on any atom is -0.399 e. The van der Waals surface area contributed by atoms with Gasteiger partial charge in [0.1, 0.15) is 0 Å². The highest BCUT2D eigenvalue weighted by Crippen LogP contribution is 2.32. The van der Waals surface area contributed by atoms with Crippen LogP contribution >= 0.6 is 0 Å². The number of rotatable bonds is 2. The average molecular weight is 300 g/mol. The number of fused-ring (bicyclic) bond motifs is 1. The van der Waals surface area contributed by atoms with Gasteiger partial charge in [0.15, 0.2) is 0 Å². The van der Waals surface area contributed by atoms with Gasteiger partial charge in [0.2, 0.25) is 9.84 Å². The number of sulfone groups is 1. The molecule has 2 aromatic carbocycles. The summed E-state index contributed by atoms with van der Waals surface area (Å²) in [6, 6.07) is 12.2. The lowest BCUT2D eigenvalue weighted by Crippen LogP contribution is -2.04. The summed E-state index contributed by atoms with van der Waals surface area (Å²) < 4.78 is 25.9. The normalized spacial score (nSPS) is 11.9. The maximum absolute atomic E-state index is 12.9. The van der Waals surface area contributed by atoms with E-state index in [2.05, 4.69) is 4.98 Å². The first-order chi connectivity index (χ1) is 9.91. The Morgan fingerprint density at radius 3 is 2.48 bits per heavy atom. The van der Waals surface area contributed by atoms with Crippen molar-refractivity contribution < 1.29 is 8.42 Å². The van der Waals surface area contributed by atoms with Gasteiger partial charge in [-0.15, -0.1) is 0 Å². The summed E-state index contributed by atoms with van der Waals surface area (Å²) in [5, 5.41) is 0.712. The Kier molecular flexibility index (Phi) is 3.02. The van der Waals surface area contributed by atoms with Crippen LogP contribution in [0.1, 0.15) is 11.3 Å². The predicted molar refractivity (Wildman–Crippen MR) is 84.1 cm³/mol. The van der Waals surface area contributed by atoms with E-state index in [-0.39, 0.29) is 4.90 Å². The van der Waals surface area contributed by atoms with Crippen molar-refractivity contribution in [3.8, 4) is 0 Å². The Morgan fingerprint density at radius 2 is 1.76 bits per heavy atom. The van der Waals surface area contributed by atoms with E-state index in [4.69, 9.17) is 5.73 Å². The van der Waals surface area contributed by atoms with Crippen LogP contribution in [0.4, 0.5) is 5.69 Å². The van der Waals surface area contributed by atoms with Crippen LogP contribution in [-0.2, 0) is 9.84 Å². The van der Waals surface area contributed by atoms with Crippen molar-refractivity contribution in [2.45, 2.75) is 23.6 Å². The van der Waals surface area contributed by atoms with Crippen LogP contribution < -0.4 is 5.73 Å². The highest BCUT2D eigenvalue weighted by atomic mass is 32.2. The number of benzene rings is 2. The van der Waals surface area contributed by atoms with E-state index in [0.717, 1.165) is 11.1 Å². The number of hydrogen-bond donors (Lipinski definition) is 2. The third-order valence-electron chi connectivity index (χ3n) is 3.65. The van der Waals surface area contributed by atoms with Gasteiger partial charge in [-0.25, -0.2) is 8.42 Å². The molecule has 21 heavy (non-hydrogen) atoms. The zero-order valence-electron chi connectivity index (χ0n) is 11.8. The molecule has 0 radical (unpaired) electrons. The largest absolute Gasteiger partial charge is 0.399 e. The van der Waals surface area contributed by atoms with Crippen LogP contribution in [0, 0.1) is 13.8 Å². The molecule has 108 valence electrons. The molecule has 0 fully saturated rings. The zero-order chi connectivity index (χ0) is 15.2. The van der Waals surface area contributed by atoms with Gasteiger partial charge in [-0.1, -0.05) is 18.2 Å². The molecule has 4 nitrogen and oxygen atoms in total. The average Bonchev–Trinajstić information content (AvgIpc) is 2.78. The molecular formula is C16H16N2O2S. The van der Waals surface area contributed by atoms with Gasteiger partial charge < -0.3 is 10.7 Å². The molecule has 0 saturated heterocycles. The predicted octanol–water partition coefficient (Wildman–Crippen LogP) is 3.20. The molecule has 3 rings (SSSR count). The molecule has 3 aromatic rings. The van der Waals surface area contributed by atoms with Crippen molar-refractivity contribution in [3.05, 3.63) is 53.7 Å². The maximum Gasteiger partial charge on any atom is 0.208 e. The second-order valence-electron chi connectivity index (χ2n) is 5.15. The van der Waals surface area contributed by atoms with Gasteiger partial charge >= 0.3 is 0 Å². The molecule has 0 unspecified atom stereocenters. The second-order valence-corrected chi connectivity index (χ2v) is 7.03. The number of anilines is 1. The van der Waals surface area contributed by atoms with Crippen LogP contribution in [0.15, 0.2) is 52.3 Å². The topological polar surface area (TPSA) is 76.0 Å². The number of nitrogens with one attached hydrogen (secondary N) is 1. The Bertz CT molecular complexity index is 940. The second kappa shape index (κ2) is 4.63. The van der Waals surface area contributed by atoms with E-state index in [9.17, 15) is 8.42 Å². The van der Waals surface area contributed by atoms with Crippen LogP contribution in [0.5, 0.6) is 0 Å². The highest BCUT2D eigenvalue weighted by Gasteiger charge is 2.24. The summed E-state index contributed by atoms with van der Waals surface area (Å²) in [7, 11) is -3.58. The molecule has 1 heterocycles. The zero-order valence-corrected chi connectivity index (χ0v) is 12.7. The molecule has 0 aliphatic rings. The van der Waals surface area contributed by atoms with Crippen molar-refractivity contribution in [1.29, 1.82) is 0 Å². The van der Waals surface area contributed by atoms with Crippen LogP contribution in [0.25, 0.3) is 10.9 Å². The van der Waals surface area contributed by atoms with Crippen LogP contribution in [-0.4, -0.2) is 13.4 Å². The van der Waals surface area contributed by atoms with Gasteiger partial charge in [-0.3, -0.25) is 0 Å². The standard InChI is InChI=1S/C16H16N2O2S/c1-10-9-12(7-8-14(10)17)21(19,20)16-11(2)18-15-6-4-3-5-13(15)16/h3-9,18H,17H2,1-2H3. The molecule has 0 amide bonds. The smallest absolute Gasteiger partial charge is 0.208 e. The molecule has 0 aliphatic heterocycles. The number of aryl methyl sites for hydroxylation is 2. The van der Waals surface area contributed by atoms with Gasteiger partial charge in [-0.05, 0) is 43.7 Å². The van der Waals surface area contributed by atoms with E-state index in [1.165, 1.54) is 0 Å². The van der Waals surface area contributed by atoms with Gasteiger partial charge in [-0.2, -0.15) is 0 Å². The summed E-state index contributed by atoms with van der Waals surface area (Å²) in [6.45, 7) is 3.58. The minimum atomic E-state index is -3.58. The number of para-hydroxylation sites is 1. The lowest BCUT2D eigenvalue weighted by atomic mass is 10.2. The summed E-state index contributed by atoms with van der Waals surface area (Å²) in [5.74, 6) is 0. The summed E-state index contributed by atoms with van der Waals surface area (Å²) in [6.07, 6.45) is 0. The fourth-order valence-electron chi connectivity index (χ4n) is 2.53. The molecule has 3 N–H and O–H groups in total. The number of H-pyrrole nitrogens is 1. The molecule has 0 atom stereocenters. The molecule has 5 heteroatoms. The SMILES string of the molecule is Cc1cc(S(=O)(=O)c2c(C)[nH]c3ccccc23)ccc1N. The molecule has 0 saturated carbocycles. The van der Waals surface area contributed by atoms with Crippen molar-refractivity contribution in [2.75, 3.05) is 5.73 Å². The number of aromatic nitrogens is 1. The third kappa shape index (κ3) is 2.10. The molecule has 0 aliphatic carbocycles. The maximum atomic E-state index is 12.9. The van der Waals surface area contributed by atoms with Crippen LogP contribution in [0.2, 0.25) is 0 Å². The lowest BCUT2D eigenvalue weighted by molar-refractivity contribution is 0.596. The first-order valence-electron chi connectivity index (χ1n) is 6.60. The monoisotopic (exact) mass is 300 g/mol. The Morgan fingerprint density at radius 1 is 1.05 bits per heavy atom. The number of nitrogen functional groups attached to an aromatic ring is 1. The number of nitrogens with two attached hydrogens (primary N) is 1. The Hall–Kier alpha value is -2.27. The van der Waals surface area contributed by atoms with E-state index in [1.807, 2.05) is 24.3 Å². The van der Waals surface area contributed by atoms with Crippen molar-refractivity contribution in [3.63, 3.8) is 0 Å². The van der Waals surface area contributed by atoms with Gasteiger partial charge in [0.05, 0.1) is 9.79 Å². The van der Waals surface area contributed by atoms with Crippen LogP contribution in [0.3, 0.4) is 0 Å². The van der Waals surface area contributed by atoms with Crippen molar-refractivity contribution >= 4 is 26.4 Å². The van der Waals surface area contributed by atoms with E-state index >= 15 is 0 Å². The third-order valence-corrected chi connectivity index (χ3v) is 5.59. The van der Waals surface area contributed by atoms with E-state index in [0.29, 0.717) is 21.7 Å². The first-order valence-corrected chi connectivity index (χ1v) is 8.08. The van der Waals surface area contributed by atoms with Gasteiger partial charge in [0.25, 0.3) is 0 Å². The summed E-state index contributed by atoms with van der Waals surface area (Å²) in [4.78, 5) is 3.73. The molecular weight excluding hydrogens is 284 g/mol. The first kappa shape index (κ1) is 13.7. The molecule has 1 aromatic heterocycles. The summed E-state index contributed by atoms with van der Waals surface area (Å²) in [5.41, 5.74) is 8.58. The molecule has 0 bridgehead atoms. The number of aromatic amines is 1. The van der Waals surface area contributed by atoms with Crippen molar-refractivity contribution in [2.24, 2.45) is 0 Å².